The summed E-state index contributed by atoms with van der Waals surface area (Å²) in [5.74, 6) is 0.0297. The van der Waals surface area contributed by atoms with Crippen molar-refractivity contribution >= 4 is 17.7 Å². The summed E-state index contributed by atoms with van der Waals surface area (Å²) in [5, 5.41) is 5.68. The Balaban J connectivity index is 1.67. The van der Waals surface area contributed by atoms with Gasteiger partial charge in [0.25, 0.3) is 0 Å². The van der Waals surface area contributed by atoms with E-state index in [1.807, 2.05) is 84.9 Å². The first-order chi connectivity index (χ1) is 19.9. The number of para-hydroxylation sites is 2. The van der Waals surface area contributed by atoms with Gasteiger partial charge in [-0.2, -0.15) is 0 Å². The van der Waals surface area contributed by atoms with E-state index in [9.17, 15) is 14.4 Å². The van der Waals surface area contributed by atoms with Gasteiger partial charge in [0.05, 0.1) is 12.5 Å². The molecule has 0 saturated heterocycles. The first kappa shape index (κ1) is 31.3. The third-order valence-corrected chi connectivity index (χ3v) is 6.48. The lowest BCUT2D eigenvalue weighted by Crippen LogP contribution is -2.53. The summed E-state index contributed by atoms with van der Waals surface area (Å²) in [4.78, 5) is 40.5. The molecule has 10 heteroatoms. The van der Waals surface area contributed by atoms with Crippen LogP contribution >= 0.6 is 0 Å². The van der Waals surface area contributed by atoms with Crippen LogP contribution in [0.5, 0.6) is 11.5 Å². The number of nitrogens with two attached hydrogens (primary N) is 3. The zero-order valence-corrected chi connectivity index (χ0v) is 23.2. The van der Waals surface area contributed by atoms with Crippen molar-refractivity contribution in [2.24, 2.45) is 17.2 Å². The molecule has 41 heavy (non-hydrogen) atoms. The Kier molecular flexibility index (Phi) is 12.8. The maximum Gasteiger partial charge on any atom is 0.242 e. The van der Waals surface area contributed by atoms with Gasteiger partial charge in [0.1, 0.15) is 17.5 Å². The minimum Gasteiger partial charge on any atom is -0.457 e. The summed E-state index contributed by atoms with van der Waals surface area (Å²) in [5.41, 5.74) is 19.1. The minimum absolute atomic E-state index is 0.192. The summed E-state index contributed by atoms with van der Waals surface area (Å²) < 4.78 is 6.01. The number of ether oxygens (including phenoxy) is 1. The Morgan fingerprint density at radius 2 is 1.41 bits per heavy atom. The summed E-state index contributed by atoms with van der Waals surface area (Å²) in [7, 11) is 0. The highest BCUT2D eigenvalue weighted by Crippen LogP contribution is 2.25. The Morgan fingerprint density at radius 3 is 2.07 bits per heavy atom. The van der Waals surface area contributed by atoms with Gasteiger partial charge in [0.2, 0.25) is 17.7 Å². The van der Waals surface area contributed by atoms with Crippen molar-refractivity contribution in [2.75, 3.05) is 26.2 Å². The van der Waals surface area contributed by atoms with E-state index >= 15 is 0 Å². The molecule has 0 radical (unpaired) electrons. The molecule has 3 rings (SSSR count). The molecule has 0 aliphatic rings. The van der Waals surface area contributed by atoms with Gasteiger partial charge in [-0.05, 0) is 36.6 Å². The molecule has 0 fully saturated rings. The zero-order chi connectivity index (χ0) is 29.5. The number of aryl methyl sites for hydroxylation is 1. The third-order valence-electron chi connectivity index (χ3n) is 6.48. The van der Waals surface area contributed by atoms with Gasteiger partial charge in [0, 0.05) is 38.3 Å². The number of carbonyl (C=O) groups is 3. The molecule has 3 aromatic rings. The van der Waals surface area contributed by atoms with Crippen LogP contribution < -0.4 is 32.6 Å². The molecular weight excluding hydrogens is 520 g/mol. The Labute approximate surface area is 241 Å². The summed E-state index contributed by atoms with van der Waals surface area (Å²) in [6.45, 7) is 1.38. The number of nitrogens with zero attached hydrogens (tertiary/aromatic N) is 1. The second-order valence-electron chi connectivity index (χ2n) is 9.59. The van der Waals surface area contributed by atoms with Gasteiger partial charge in [-0.1, -0.05) is 66.7 Å². The molecule has 2 unspecified atom stereocenters. The first-order valence-corrected chi connectivity index (χ1v) is 13.8. The maximum absolute atomic E-state index is 13.4. The van der Waals surface area contributed by atoms with E-state index < -0.39 is 18.0 Å². The highest BCUT2D eigenvalue weighted by molar-refractivity contribution is 5.92. The number of rotatable bonds is 16. The lowest BCUT2D eigenvalue weighted by atomic mass is 10.0. The summed E-state index contributed by atoms with van der Waals surface area (Å²) >= 11 is 0. The number of carbonyl (C=O) groups excluding carboxylic acids is 3. The van der Waals surface area contributed by atoms with E-state index in [4.69, 9.17) is 21.9 Å². The van der Waals surface area contributed by atoms with Crippen LogP contribution in [0.15, 0.2) is 84.9 Å². The molecule has 8 N–H and O–H groups in total. The second-order valence-corrected chi connectivity index (χ2v) is 9.59. The molecule has 218 valence electrons. The van der Waals surface area contributed by atoms with Crippen LogP contribution in [-0.2, 0) is 27.3 Å². The van der Waals surface area contributed by atoms with Crippen molar-refractivity contribution in [1.82, 2.24) is 15.5 Å². The van der Waals surface area contributed by atoms with E-state index in [0.29, 0.717) is 37.4 Å². The van der Waals surface area contributed by atoms with E-state index in [1.54, 1.807) is 0 Å². The van der Waals surface area contributed by atoms with Gasteiger partial charge in [-0.15, -0.1) is 0 Å². The average molecular weight is 561 g/mol. The lowest BCUT2D eigenvalue weighted by molar-refractivity contribution is -0.135. The van der Waals surface area contributed by atoms with Crippen molar-refractivity contribution in [3.05, 3.63) is 96.1 Å². The number of benzene rings is 3. The van der Waals surface area contributed by atoms with Crippen molar-refractivity contribution in [1.29, 1.82) is 0 Å². The number of amides is 3. The molecule has 0 heterocycles. The second kappa shape index (κ2) is 16.8. The predicted octanol–water partition coefficient (Wildman–Crippen LogP) is 1.68. The predicted molar refractivity (Wildman–Crippen MR) is 159 cm³/mol. The van der Waals surface area contributed by atoms with Crippen LogP contribution in [0.3, 0.4) is 0 Å². The highest BCUT2D eigenvalue weighted by Gasteiger charge is 2.26. The molecular formula is C31H40N6O4. The van der Waals surface area contributed by atoms with Crippen molar-refractivity contribution in [3.63, 3.8) is 0 Å². The smallest absolute Gasteiger partial charge is 0.242 e. The summed E-state index contributed by atoms with van der Waals surface area (Å²) in [6, 6.07) is 24.5. The number of nitrogens with one attached hydrogen (secondary N) is 2. The highest BCUT2D eigenvalue weighted by atomic mass is 16.5. The van der Waals surface area contributed by atoms with Crippen molar-refractivity contribution < 1.29 is 19.1 Å². The standard InChI is InChI=1S/C31H40N6O4/c32-17-19-37(20-18-33)29(38)21-26(34)30(39)36-27(16-15-23-9-3-1-4-10-23)31(40)35-22-24-11-7-8-14-28(24)41-25-12-5-2-6-13-25/h1-14,26-27H,15-22,32-34H2,(H,35,40)(H,36,39). The van der Waals surface area contributed by atoms with Crippen LogP contribution in [0.1, 0.15) is 24.0 Å². The lowest BCUT2D eigenvalue weighted by Gasteiger charge is -2.24. The van der Waals surface area contributed by atoms with Crippen LogP contribution in [0.4, 0.5) is 0 Å². The fraction of sp³-hybridized carbons (Fsp3) is 0.323. The molecule has 0 aliphatic carbocycles. The fourth-order valence-corrected chi connectivity index (χ4v) is 4.26. The Hall–Kier alpha value is -4.25. The van der Waals surface area contributed by atoms with Gasteiger partial charge in [-0.25, -0.2) is 0 Å². The zero-order valence-electron chi connectivity index (χ0n) is 23.2. The van der Waals surface area contributed by atoms with Crippen molar-refractivity contribution in [3.8, 4) is 11.5 Å². The van der Waals surface area contributed by atoms with Crippen LogP contribution in [0, 0.1) is 0 Å². The third kappa shape index (κ3) is 10.3. The minimum atomic E-state index is -1.13. The normalized spacial score (nSPS) is 12.2. The van der Waals surface area contributed by atoms with Crippen LogP contribution in [0.2, 0.25) is 0 Å². The molecule has 0 bridgehead atoms. The molecule has 3 aromatic carbocycles. The topological polar surface area (TPSA) is 166 Å². The summed E-state index contributed by atoms with van der Waals surface area (Å²) in [6.07, 6.45) is 0.682. The monoisotopic (exact) mass is 560 g/mol. The van der Waals surface area contributed by atoms with Crippen molar-refractivity contribution in [2.45, 2.75) is 37.9 Å². The number of hydrogen-bond donors (Lipinski definition) is 5. The van der Waals surface area contributed by atoms with Gasteiger partial charge < -0.3 is 37.5 Å². The Bertz CT molecular complexity index is 1240. The quantitative estimate of drug-likeness (QED) is 0.178. The molecule has 0 saturated carbocycles. The van der Waals surface area contributed by atoms with Gasteiger partial charge in [-0.3, -0.25) is 14.4 Å². The molecule has 10 nitrogen and oxygen atoms in total. The molecule has 0 spiro atoms. The van der Waals surface area contributed by atoms with E-state index in [0.717, 1.165) is 11.1 Å². The number of hydrogen-bond acceptors (Lipinski definition) is 7. The van der Waals surface area contributed by atoms with Gasteiger partial charge in [0.15, 0.2) is 0 Å². The van der Waals surface area contributed by atoms with E-state index in [-0.39, 0.29) is 37.9 Å². The van der Waals surface area contributed by atoms with E-state index in [1.165, 1.54) is 4.90 Å². The molecule has 0 aromatic heterocycles. The van der Waals surface area contributed by atoms with Gasteiger partial charge >= 0.3 is 0 Å². The Morgan fingerprint density at radius 1 is 0.805 bits per heavy atom. The molecule has 3 amide bonds. The first-order valence-electron chi connectivity index (χ1n) is 13.8. The average Bonchev–Trinajstić information content (AvgIpc) is 2.99. The molecule has 0 aliphatic heterocycles. The largest absolute Gasteiger partial charge is 0.457 e. The maximum atomic E-state index is 13.4. The molecule has 2 atom stereocenters. The SMILES string of the molecule is NCCN(CCN)C(=O)CC(N)C(=O)NC(CCc1ccccc1)C(=O)NCc1ccccc1Oc1ccccc1. The fourth-order valence-electron chi connectivity index (χ4n) is 4.26. The van der Waals surface area contributed by atoms with Crippen LogP contribution in [0.25, 0.3) is 0 Å². The van der Waals surface area contributed by atoms with E-state index in [2.05, 4.69) is 10.6 Å². The van der Waals surface area contributed by atoms with Crippen LogP contribution in [-0.4, -0.2) is 60.9 Å².